The zero-order valence-electron chi connectivity index (χ0n) is 20.9. The number of imide groups is 1. The molecule has 1 spiro atoms. The summed E-state index contributed by atoms with van der Waals surface area (Å²) in [6.07, 6.45) is -0.652. The van der Waals surface area contributed by atoms with Gasteiger partial charge in [-0.25, -0.2) is 4.79 Å². The van der Waals surface area contributed by atoms with Gasteiger partial charge in [-0.3, -0.25) is 25.3 Å². The van der Waals surface area contributed by atoms with E-state index in [1.54, 1.807) is 9.80 Å². The lowest BCUT2D eigenvalue weighted by molar-refractivity contribution is -0.139. The second kappa shape index (κ2) is 9.15. The predicted octanol–water partition coefficient (Wildman–Crippen LogP) is -0.704. The van der Waals surface area contributed by atoms with Crippen molar-refractivity contribution in [3.63, 3.8) is 0 Å². The van der Waals surface area contributed by atoms with Crippen LogP contribution in [-0.2, 0) is 14.3 Å². The summed E-state index contributed by atoms with van der Waals surface area (Å²) in [6.45, 7) is 1.12. The largest absolute Gasteiger partial charge is 0.441 e. The van der Waals surface area contributed by atoms with E-state index >= 15 is 0 Å². The topological polar surface area (TPSA) is 174 Å². The van der Waals surface area contributed by atoms with Gasteiger partial charge < -0.3 is 35.6 Å². The normalized spacial score (nSPS) is 34.4. The van der Waals surface area contributed by atoms with Crippen LogP contribution in [0.25, 0.3) is 0 Å². The quantitative estimate of drug-likeness (QED) is 0.278. The SMILES string of the molecule is N=C1NC2C(CN3C(=O)CCC3=O)NC(=N)N3C[C@H](OC(=O)N4CCCC(c5ccccc5)C4)[C@@H](O)C23N1. The summed E-state index contributed by atoms with van der Waals surface area (Å²) in [4.78, 5) is 42.1. The summed E-state index contributed by atoms with van der Waals surface area (Å²) in [7, 11) is 0. The standard InChI is InChI=1S/C25H32N8O5/c26-22-29-20-16(12-32-18(34)8-9-19(32)35)28-23(27)33-13-17(21(36)25(20,33)30-22)38-24(37)31-10-4-7-15(11-31)14-5-2-1-3-6-14/h1-3,5-6,15-17,20-21,36H,4,7-13H2,(H2,27,28)(H3,26,29,30)/t15?,16?,17-,20?,21+,25?/m0/s1. The molecule has 13 heteroatoms. The number of carbonyl (C=O) groups is 3. The molecule has 5 aliphatic rings. The molecule has 4 unspecified atom stereocenters. The Kier molecular flexibility index (Phi) is 5.89. The van der Waals surface area contributed by atoms with E-state index in [0.29, 0.717) is 13.1 Å². The fourth-order valence-electron chi connectivity index (χ4n) is 6.59. The van der Waals surface area contributed by atoms with Crippen LogP contribution in [-0.4, -0.2) is 106 Å². The number of carbonyl (C=O) groups excluding carboxylic acids is 3. The first-order valence-corrected chi connectivity index (χ1v) is 13.1. The van der Waals surface area contributed by atoms with Gasteiger partial charge in [0.1, 0.15) is 6.10 Å². The number of ether oxygens (including phenoxy) is 1. The number of hydrogen-bond acceptors (Lipinski definition) is 7. The van der Waals surface area contributed by atoms with Crippen LogP contribution in [0.4, 0.5) is 4.79 Å². The average Bonchev–Trinajstić information content (AvgIpc) is 3.53. The molecule has 6 rings (SSSR count). The Bertz CT molecular complexity index is 1160. The van der Waals surface area contributed by atoms with E-state index in [1.165, 1.54) is 5.56 Å². The maximum Gasteiger partial charge on any atom is 0.410 e. The Hall–Kier alpha value is -3.87. The van der Waals surface area contributed by atoms with Gasteiger partial charge in [0.05, 0.1) is 25.2 Å². The van der Waals surface area contributed by atoms with Crippen LogP contribution in [0.1, 0.15) is 37.2 Å². The lowest BCUT2D eigenvalue weighted by Crippen LogP contribution is -2.78. The van der Waals surface area contributed by atoms with E-state index in [9.17, 15) is 19.5 Å². The van der Waals surface area contributed by atoms with Gasteiger partial charge in [-0.15, -0.1) is 0 Å². The molecule has 1 aromatic rings. The van der Waals surface area contributed by atoms with Crippen LogP contribution < -0.4 is 16.0 Å². The molecule has 0 aromatic heterocycles. The molecule has 0 bridgehead atoms. The molecule has 0 saturated carbocycles. The van der Waals surface area contributed by atoms with Crippen molar-refractivity contribution in [3.05, 3.63) is 35.9 Å². The van der Waals surface area contributed by atoms with Crippen molar-refractivity contribution in [2.75, 3.05) is 26.2 Å². The van der Waals surface area contributed by atoms with E-state index in [4.69, 9.17) is 15.6 Å². The third-order valence-electron chi connectivity index (χ3n) is 8.44. The fourth-order valence-corrected chi connectivity index (χ4v) is 6.59. The number of rotatable bonds is 4. The number of likely N-dealkylation sites (tertiary alicyclic amines) is 2. The summed E-state index contributed by atoms with van der Waals surface area (Å²) in [5, 5.41) is 37.4. The number of amides is 3. The van der Waals surface area contributed by atoms with Crippen molar-refractivity contribution in [2.45, 2.75) is 61.6 Å². The van der Waals surface area contributed by atoms with E-state index < -0.39 is 36.0 Å². The molecule has 13 nitrogen and oxygen atoms in total. The molecular formula is C25H32N8O5. The van der Waals surface area contributed by atoms with Crippen LogP contribution >= 0.6 is 0 Å². The molecule has 202 valence electrons. The monoisotopic (exact) mass is 524 g/mol. The van der Waals surface area contributed by atoms with E-state index in [1.807, 2.05) is 18.2 Å². The van der Waals surface area contributed by atoms with E-state index in [2.05, 4.69) is 28.1 Å². The molecule has 5 aliphatic heterocycles. The molecule has 6 atom stereocenters. The first-order valence-electron chi connectivity index (χ1n) is 13.1. The van der Waals surface area contributed by atoms with Crippen LogP contribution in [0, 0.1) is 10.8 Å². The summed E-state index contributed by atoms with van der Waals surface area (Å²) < 4.78 is 5.84. The molecule has 3 amide bonds. The van der Waals surface area contributed by atoms with Crippen LogP contribution in [0.2, 0.25) is 0 Å². The first kappa shape index (κ1) is 24.5. The second-order valence-electron chi connectivity index (χ2n) is 10.6. The molecule has 0 radical (unpaired) electrons. The highest BCUT2D eigenvalue weighted by molar-refractivity contribution is 6.02. The number of aliphatic hydroxyl groups excluding tert-OH is 1. The summed E-state index contributed by atoms with van der Waals surface area (Å²) in [6, 6.07) is 8.73. The minimum atomic E-state index is -1.35. The number of nitrogens with zero attached hydrogens (tertiary/aromatic N) is 3. The van der Waals surface area contributed by atoms with Crippen molar-refractivity contribution < 1.29 is 24.2 Å². The zero-order chi connectivity index (χ0) is 26.6. The number of guanidine groups is 2. The Labute approximate surface area is 219 Å². The summed E-state index contributed by atoms with van der Waals surface area (Å²) >= 11 is 0. The minimum Gasteiger partial charge on any atom is -0.441 e. The van der Waals surface area contributed by atoms with E-state index in [-0.39, 0.29) is 55.6 Å². The predicted molar refractivity (Wildman–Crippen MR) is 134 cm³/mol. The van der Waals surface area contributed by atoms with Gasteiger partial charge in [0.2, 0.25) is 11.8 Å². The number of benzene rings is 1. The molecule has 0 aliphatic carbocycles. The maximum absolute atomic E-state index is 13.2. The zero-order valence-corrected chi connectivity index (χ0v) is 20.9. The number of aliphatic hydroxyl groups is 1. The minimum absolute atomic E-state index is 0.00586. The van der Waals surface area contributed by atoms with Crippen molar-refractivity contribution in [2.24, 2.45) is 0 Å². The van der Waals surface area contributed by atoms with Gasteiger partial charge >= 0.3 is 6.09 Å². The van der Waals surface area contributed by atoms with Gasteiger partial charge in [0.15, 0.2) is 23.7 Å². The first-order chi connectivity index (χ1) is 18.3. The summed E-state index contributed by atoms with van der Waals surface area (Å²) in [5.41, 5.74) is -0.181. The summed E-state index contributed by atoms with van der Waals surface area (Å²) in [5.74, 6) is -0.470. The van der Waals surface area contributed by atoms with Crippen molar-refractivity contribution >= 4 is 29.8 Å². The average molecular weight is 525 g/mol. The molecule has 38 heavy (non-hydrogen) atoms. The second-order valence-corrected chi connectivity index (χ2v) is 10.6. The van der Waals surface area contributed by atoms with Gasteiger partial charge in [0.25, 0.3) is 0 Å². The van der Waals surface area contributed by atoms with Gasteiger partial charge in [-0.1, -0.05) is 30.3 Å². The molecular weight excluding hydrogens is 492 g/mol. The van der Waals surface area contributed by atoms with Gasteiger partial charge in [-0.05, 0) is 18.4 Å². The fraction of sp³-hybridized carbons (Fsp3) is 0.560. The Morgan fingerprint density at radius 1 is 1.11 bits per heavy atom. The highest BCUT2D eigenvalue weighted by Gasteiger charge is 2.67. The Morgan fingerprint density at radius 3 is 2.58 bits per heavy atom. The molecule has 5 fully saturated rings. The third-order valence-corrected chi connectivity index (χ3v) is 8.44. The highest BCUT2D eigenvalue weighted by atomic mass is 16.6. The molecule has 5 heterocycles. The van der Waals surface area contributed by atoms with Crippen LogP contribution in [0.15, 0.2) is 30.3 Å². The number of hydrogen-bond donors (Lipinski definition) is 6. The smallest absolute Gasteiger partial charge is 0.410 e. The lowest BCUT2D eigenvalue weighted by Gasteiger charge is -2.49. The Morgan fingerprint density at radius 2 is 1.84 bits per heavy atom. The van der Waals surface area contributed by atoms with E-state index in [0.717, 1.165) is 17.7 Å². The number of piperidine rings is 1. The molecule has 5 saturated heterocycles. The number of nitrogens with one attached hydrogen (secondary N) is 5. The maximum atomic E-state index is 13.2. The van der Waals surface area contributed by atoms with Crippen molar-refractivity contribution in [3.8, 4) is 0 Å². The molecule has 6 N–H and O–H groups in total. The Balaban J connectivity index is 1.19. The molecule has 1 aromatic carbocycles. The van der Waals surface area contributed by atoms with Crippen molar-refractivity contribution in [1.29, 1.82) is 10.8 Å². The van der Waals surface area contributed by atoms with Gasteiger partial charge in [-0.2, -0.15) is 0 Å². The van der Waals surface area contributed by atoms with Gasteiger partial charge in [0, 0.05) is 31.8 Å². The third kappa shape index (κ3) is 3.83. The highest BCUT2D eigenvalue weighted by Crippen LogP contribution is 2.39. The van der Waals surface area contributed by atoms with Crippen LogP contribution in [0.3, 0.4) is 0 Å². The lowest BCUT2D eigenvalue weighted by atomic mass is 9.87. The van der Waals surface area contributed by atoms with Crippen LogP contribution in [0.5, 0.6) is 0 Å². The van der Waals surface area contributed by atoms with Crippen molar-refractivity contribution in [1.82, 2.24) is 30.7 Å².